The van der Waals surface area contributed by atoms with Crippen LogP contribution in [0.15, 0.2) is 18.5 Å². The van der Waals surface area contributed by atoms with Crippen LogP contribution in [0.1, 0.15) is 19.3 Å². The van der Waals surface area contributed by atoms with Crippen LogP contribution in [0.5, 0.6) is 0 Å². The standard InChI is InChI=1S/C18H31N5O/c1-21(14-16-4-9-22(15-16)12-13-24-2)17-5-10-23(11-6-17)18-19-7-3-8-20-18/h3,7-8,16-17H,4-6,9-15H2,1-2H3/t16-/m1/s1. The molecule has 2 aliphatic rings. The van der Waals surface area contributed by atoms with Crippen molar-refractivity contribution < 1.29 is 4.74 Å². The summed E-state index contributed by atoms with van der Waals surface area (Å²) in [6, 6.07) is 2.57. The van der Waals surface area contributed by atoms with Crippen LogP contribution in [0.2, 0.25) is 0 Å². The van der Waals surface area contributed by atoms with Crippen molar-refractivity contribution in [1.29, 1.82) is 0 Å². The lowest BCUT2D eigenvalue weighted by atomic mass is 10.0. The highest BCUT2D eigenvalue weighted by Gasteiger charge is 2.28. The van der Waals surface area contributed by atoms with Crippen LogP contribution < -0.4 is 4.90 Å². The van der Waals surface area contributed by atoms with Gasteiger partial charge in [0.1, 0.15) is 0 Å². The Hall–Kier alpha value is -1.24. The summed E-state index contributed by atoms with van der Waals surface area (Å²) in [5.41, 5.74) is 0. The molecule has 3 rings (SSSR count). The Morgan fingerprint density at radius 3 is 2.62 bits per heavy atom. The van der Waals surface area contributed by atoms with Gasteiger partial charge in [0.15, 0.2) is 0 Å². The third kappa shape index (κ3) is 4.65. The van der Waals surface area contributed by atoms with E-state index in [9.17, 15) is 0 Å². The second-order valence-corrected chi connectivity index (χ2v) is 7.15. The van der Waals surface area contributed by atoms with Crippen molar-refractivity contribution in [3.63, 3.8) is 0 Å². The molecule has 0 amide bonds. The largest absolute Gasteiger partial charge is 0.383 e. The van der Waals surface area contributed by atoms with Crippen molar-refractivity contribution in [3.05, 3.63) is 18.5 Å². The Morgan fingerprint density at radius 2 is 1.92 bits per heavy atom. The Balaban J connectivity index is 1.40. The molecule has 24 heavy (non-hydrogen) atoms. The number of methoxy groups -OCH3 is 1. The normalized spacial score (nSPS) is 23.3. The van der Waals surface area contributed by atoms with Gasteiger partial charge in [-0.2, -0.15) is 0 Å². The summed E-state index contributed by atoms with van der Waals surface area (Å²) in [4.78, 5) is 16.2. The summed E-state index contributed by atoms with van der Waals surface area (Å²) in [5, 5.41) is 0. The van der Waals surface area contributed by atoms with Gasteiger partial charge in [-0.05, 0) is 44.8 Å². The average molecular weight is 333 g/mol. The van der Waals surface area contributed by atoms with Gasteiger partial charge in [0, 0.05) is 58.3 Å². The molecule has 6 heteroatoms. The number of piperidine rings is 1. The van der Waals surface area contributed by atoms with Gasteiger partial charge in [-0.3, -0.25) is 0 Å². The fourth-order valence-electron chi connectivity index (χ4n) is 4.00. The summed E-state index contributed by atoms with van der Waals surface area (Å²) in [5.74, 6) is 1.69. The number of nitrogens with zero attached hydrogens (tertiary/aromatic N) is 5. The minimum absolute atomic E-state index is 0.693. The molecule has 2 aliphatic heterocycles. The van der Waals surface area contributed by atoms with E-state index in [0.29, 0.717) is 6.04 Å². The molecule has 0 spiro atoms. The lowest BCUT2D eigenvalue weighted by Gasteiger charge is -2.37. The predicted octanol–water partition coefficient (Wildman–Crippen LogP) is 1.35. The van der Waals surface area contributed by atoms with E-state index >= 15 is 0 Å². The van der Waals surface area contributed by atoms with Crippen molar-refractivity contribution >= 4 is 5.95 Å². The van der Waals surface area contributed by atoms with Gasteiger partial charge in [-0.1, -0.05) is 0 Å². The van der Waals surface area contributed by atoms with Crippen LogP contribution in [0.3, 0.4) is 0 Å². The van der Waals surface area contributed by atoms with Gasteiger partial charge in [0.05, 0.1) is 6.61 Å². The van der Waals surface area contributed by atoms with Gasteiger partial charge < -0.3 is 19.4 Å². The summed E-state index contributed by atoms with van der Waals surface area (Å²) in [7, 11) is 4.09. The maximum absolute atomic E-state index is 5.19. The second kappa shape index (κ2) is 8.74. The topological polar surface area (TPSA) is 44.7 Å². The van der Waals surface area contributed by atoms with Crippen molar-refractivity contribution in [2.45, 2.75) is 25.3 Å². The maximum Gasteiger partial charge on any atom is 0.225 e. The number of hydrogen-bond donors (Lipinski definition) is 0. The minimum Gasteiger partial charge on any atom is -0.383 e. The maximum atomic E-state index is 5.19. The molecule has 1 atom stereocenters. The number of aromatic nitrogens is 2. The Morgan fingerprint density at radius 1 is 1.17 bits per heavy atom. The molecule has 6 nitrogen and oxygen atoms in total. The number of likely N-dealkylation sites (tertiary alicyclic amines) is 1. The van der Waals surface area contributed by atoms with E-state index < -0.39 is 0 Å². The number of ether oxygens (including phenoxy) is 1. The van der Waals surface area contributed by atoms with Crippen molar-refractivity contribution in [3.8, 4) is 0 Å². The smallest absolute Gasteiger partial charge is 0.225 e. The van der Waals surface area contributed by atoms with Gasteiger partial charge in [-0.25, -0.2) is 9.97 Å². The molecule has 2 fully saturated rings. The summed E-state index contributed by atoms with van der Waals surface area (Å²) < 4.78 is 5.19. The van der Waals surface area contributed by atoms with E-state index in [1.54, 1.807) is 7.11 Å². The van der Waals surface area contributed by atoms with Crippen molar-refractivity contribution in [2.24, 2.45) is 5.92 Å². The lowest BCUT2D eigenvalue weighted by Crippen LogP contribution is -2.45. The van der Waals surface area contributed by atoms with Crippen LogP contribution in [0, 0.1) is 5.92 Å². The summed E-state index contributed by atoms with van der Waals surface area (Å²) in [6.45, 7) is 7.72. The van der Waals surface area contributed by atoms with E-state index in [1.165, 1.54) is 38.9 Å². The van der Waals surface area contributed by atoms with E-state index in [1.807, 2.05) is 18.5 Å². The molecule has 1 aromatic heterocycles. The van der Waals surface area contributed by atoms with Gasteiger partial charge in [0.25, 0.3) is 0 Å². The molecule has 1 aromatic rings. The zero-order chi connectivity index (χ0) is 16.8. The Labute approximate surface area is 145 Å². The molecule has 134 valence electrons. The van der Waals surface area contributed by atoms with Gasteiger partial charge in [-0.15, -0.1) is 0 Å². The van der Waals surface area contributed by atoms with Gasteiger partial charge in [0.2, 0.25) is 5.95 Å². The third-order valence-electron chi connectivity index (χ3n) is 5.45. The molecule has 0 radical (unpaired) electrons. The van der Waals surface area contributed by atoms with Crippen LogP contribution in [-0.2, 0) is 4.74 Å². The Bertz CT molecular complexity index is 478. The monoisotopic (exact) mass is 333 g/mol. The molecule has 0 aromatic carbocycles. The van der Waals surface area contributed by atoms with Crippen LogP contribution in [0.25, 0.3) is 0 Å². The third-order valence-corrected chi connectivity index (χ3v) is 5.45. The van der Waals surface area contributed by atoms with Crippen LogP contribution >= 0.6 is 0 Å². The molecule has 0 bridgehead atoms. The van der Waals surface area contributed by atoms with E-state index in [0.717, 1.165) is 38.1 Å². The van der Waals surface area contributed by atoms with E-state index in [-0.39, 0.29) is 0 Å². The molecule has 0 N–H and O–H groups in total. The van der Waals surface area contributed by atoms with Crippen molar-refractivity contribution in [2.75, 3.05) is 64.9 Å². The molecule has 2 saturated heterocycles. The summed E-state index contributed by atoms with van der Waals surface area (Å²) in [6.07, 6.45) is 7.39. The highest BCUT2D eigenvalue weighted by Crippen LogP contribution is 2.22. The predicted molar refractivity (Wildman–Crippen MR) is 96.3 cm³/mol. The fraction of sp³-hybridized carbons (Fsp3) is 0.778. The molecule has 3 heterocycles. The zero-order valence-electron chi connectivity index (χ0n) is 15.1. The SMILES string of the molecule is COCCN1CC[C@H](CN(C)C2CCN(c3ncccn3)CC2)C1. The second-order valence-electron chi connectivity index (χ2n) is 7.15. The minimum atomic E-state index is 0.693. The molecule has 0 saturated carbocycles. The quantitative estimate of drug-likeness (QED) is 0.750. The first-order valence-electron chi connectivity index (χ1n) is 9.19. The van der Waals surface area contributed by atoms with Gasteiger partial charge >= 0.3 is 0 Å². The molecular formula is C18H31N5O. The molecule has 0 unspecified atom stereocenters. The number of anilines is 1. The first-order chi connectivity index (χ1) is 11.8. The fourth-order valence-corrected chi connectivity index (χ4v) is 4.00. The van der Waals surface area contributed by atoms with E-state index in [4.69, 9.17) is 4.74 Å². The molecule has 0 aliphatic carbocycles. The zero-order valence-corrected chi connectivity index (χ0v) is 15.1. The van der Waals surface area contributed by atoms with Crippen molar-refractivity contribution in [1.82, 2.24) is 19.8 Å². The first kappa shape index (κ1) is 17.6. The Kier molecular flexibility index (Phi) is 6.40. The van der Waals surface area contributed by atoms with Crippen LogP contribution in [-0.4, -0.2) is 85.8 Å². The number of hydrogen-bond acceptors (Lipinski definition) is 6. The number of rotatable bonds is 7. The van der Waals surface area contributed by atoms with Crippen LogP contribution in [0.4, 0.5) is 5.95 Å². The summed E-state index contributed by atoms with van der Waals surface area (Å²) >= 11 is 0. The highest BCUT2D eigenvalue weighted by atomic mass is 16.5. The van der Waals surface area contributed by atoms with E-state index in [2.05, 4.69) is 31.7 Å². The first-order valence-corrected chi connectivity index (χ1v) is 9.19. The lowest BCUT2D eigenvalue weighted by molar-refractivity contribution is 0.151. The highest BCUT2D eigenvalue weighted by molar-refractivity contribution is 5.29. The molecular weight excluding hydrogens is 302 g/mol. The average Bonchev–Trinajstić information content (AvgIpc) is 3.08.